The lowest BCUT2D eigenvalue weighted by atomic mass is 9.96. The molecule has 0 spiro atoms. The molecule has 1 amide bonds. The highest BCUT2D eigenvalue weighted by atomic mass is 19.1. The predicted molar refractivity (Wildman–Crippen MR) is 134 cm³/mol. The number of piperidine rings is 1. The van der Waals surface area contributed by atoms with Crippen molar-refractivity contribution in [2.45, 2.75) is 76.5 Å². The van der Waals surface area contributed by atoms with Gasteiger partial charge in [0.2, 0.25) is 0 Å². The van der Waals surface area contributed by atoms with E-state index in [1.54, 1.807) is 11.0 Å². The fourth-order valence-corrected chi connectivity index (χ4v) is 5.82. The standard InChI is InChI=1S/C27H32F2N4O4/c1-15(2)37-20-5-6-25(36-14-20)27(34)33-11-16-7-17(28)10-30-26(16)31-22-8-21(29)23(9-24(22)33)32-12-19-4-3-18(32)13-35-19/h7-10,15,18-20,25H,3-6,11-14H2,1-2H3,(H,30,31)/t18?,19?,20-,25+/m0/s1. The van der Waals surface area contributed by atoms with E-state index in [2.05, 4.69) is 15.2 Å². The van der Waals surface area contributed by atoms with Gasteiger partial charge in [-0.1, -0.05) is 0 Å². The molecule has 5 aliphatic heterocycles. The molecule has 8 nitrogen and oxygen atoms in total. The summed E-state index contributed by atoms with van der Waals surface area (Å²) >= 11 is 0. The van der Waals surface area contributed by atoms with E-state index in [1.807, 2.05) is 13.8 Å². The zero-order valence-corrected chi connectivity index (χ0v) is 21.1. The summed E-state index contributed by atoms with van der Waals surface area (Å²) in [6.07, 6.45) is 3.64. The molecule has 2 bridgehead atoms. The smallest absolute Gasteiger partial charge is 0.256 e. The first kappa shape index (κ1) is 24.5. The third kappa shape index (κ3) is 4.78. The number of rotatable bonds is 4. The van der Waals surface area contributed by atoms with Crippen LogP contribution in [0.25, 0.3) is 0 Å². The van der Waals surface area contributed by atoms with Crippen LogP contribution in [0.1, 0.15) is 45.1 Å². The molecular weight excluding hydrogens is 482 g/mol. The molecule has 2 unspecified atom stereocenters. The fourth-order valence-electron chi connectivity index (χ4n) is 5.82. The van der Waals surface area contributed by atoms with E-state index in [0.29, 0.717) is 61.0 Å². The van der Waals surface area contributed by atoms with Gasteiger partial charge in [0.15, 0.2) is 0 Å². The Morgan fingerprint density at radius 2 is 1.97 bits per heavy atom. The zero-order valence-electron chi connectivity index (χ0n) is 21.1. The lowest BCUT2D eigenvalue weighted by Gasteiger charge is -2.46. The quantitative estimate of drug-likeness (QED) is 0.652. The highest BCUT2D eigenvalue weighted by molar-refractivity contribution is 6.01. The molecular formula is C27H32F2N4O4. The number of amides is 1. The Morgan fingerprint density at radius 3 is 2.65 bits per heavy atom. The molecule has 10 heteroatoms. The molecule has 1 aromatic heterocycles. The maximum atomic E-state index is 15.5. The Balaban J connectivity index is 1.35. The molecule has 4 fully saturated rings. The number of carbonyl (C=O) groups excluding carboxylic acids is 1. The molecule has 4 saturated heterocycles. The van der Waals surface area contributed by atoms with Gasteiger partial charge in [0, 0.05) is 18.2 Å². The Labute approximate surface area is 214 Å². The summed E-state index contributed by atoms with van der Waals surface area (Å²) in [7, 11) is 0. The monoisotopic (exact) mass is 514 g/mol. The minimum atomic E-state index is -0.671. The van der Waals surface area contributed by atoms with Gasteiger partial charge in [0.05, 0.1) is 67.4 Å². The third-order valence-corrected chi connectivity index (χ3v) is 7.61. The van der Waals surface area contributed by atoms with Crippen LogP contribution < -0.4 is 15.1 Å². The van der Waals surface area contributed by atoms with Crippen LogP contribution >= 0.6 is 0 Å². The van der Waals surface area contributed by atoms with E-state index in [-0.39, 0.29) is 42.6 Å². The van der Waals surface area contributed by atoms with Crippen molar-refractivity contribution in [3.63, 3.8) is 0 Å². The van der Waals surface area contributed by atoms with Crippen LogP contribution in [0.15, 0.2) is 24.4 Å². The normalized spacial score (nSPS) is 26.9. The van der Waals surface area contributed by atoms with Gasteiger partial charge in [0.25, 0.3) is 5.91 Å². The number of morpholine rings is 1. The average Bonchev–Trinajstić information content (AvgIpc) is 3.04. The topological polar surface area (TPSA) is 76.2 Å². The van der Waals surface area contributed by atoms with Crippen LogP contribution in [0.4, 0.5) is 31.7 Å². The van der Waals surface area contributed by atoms with E-state index in [1.165, 1.54) is 12.1 Å². The molecule has 0 radical (unpaired) electrons. The van der Waals surface area contributed by atoms with Gasteiger partial charge in [-0.25, -0.2) is 13.8 Å². The maximum absolute atomic E-state index is 15.5. The predicted octanol–water partition coefficient (Wildman–Crippen LogP) is 4.29. The lowest BCUT2D eigenvalue weighted by Crippen LogP contribution is -2.54. The summed E-state index contributed by atoms with van der Waals surface area (Å²) in [6.45, 7) is 5.53. The summed E-state index contributed by atoms with van der Waals surface area (Å²) in [6, 6.07) is 4.58. The molecule has 198 valence electrons. The van der Waals surface area contributed by atoms with Crippen LogP contribution in [0.3, 0.4) is 0 Å². The van der Waals surface area contributed by atoms with Crippen molar-refractivity contribution in [2.75, 3.05) is 34.9 Å². The van der Waals surface area contributed by atoms with Crippen molar-refractivity contribution in [3.8, 4) is 0 Å². The second kappa shape index (κ2) is 9.81. The number of nitrogens with one attached hydrogen (secondary N) is 1. The highest BCUT2D eigenvalue weighted by Gasteiger charge is 2.38. The van der Waals surface area contributed by atoms with Crippen molar-refractivity contribution in [1.29, 1.82) is 0 Å². The summed E-state index contributed by atoms with van der Waals surface area (Å²) in [5.41, 5.74) is 1.87. The number of hydrogen-bond donors (Lipinski definition) is 1. The van der Waals surface area contributed by atoms with E-state index in [4.69, 9.17) is 14.2 Å². The Kier molecular flexibility index (Phi) is 6.50. The number of fused-ring (bicyclic) bond motifs is 5. The van der Waals surface area contributed by atoms with Crippen LogP contribution in [-0.4, -0.2) is 61.1 Å². The van der Waals surface area contributed by atoms with Gasteiger partial charge >= 0.3 is 0 Å². The number of pyridine rings is 1. The van der Waals surface area contributed by atoms with E-state index < -0.39 is 11.9 Å². The van der Waals surface area contributed by atoms with Crippen LogP contribution in [0, 0.1) is 11.6 Å². The first-order valence-corrected chi connectivity index (χ1v) is 13.1. The molecule has 37 heavy (non-hydrogen) atoms. The van der Waals surface area contributed by atoms with Crippen molar-refractivity contribution in [1.82, 2.24) is 4.98 Å². The molecule has 6 heterocycles. The van der Waals surface area contributed by atoms with Crippen molar-refractivity contribution in [2.24, 2.45) is 0 Å². The number of benzene rings is 1. The summed E-state index contributed by atoms with van der Waals surface area (Å²) in [5.74, 6) is -0.744. The molecule has 0 saturated carbocycles. The number of ether oxygens (including phenoxy) is 3. The molecule has 2 aromatic rings. The summed E-state index contributed by atoms with van der Waals surface area (Å²) in [4.78, 5) is 21.7. The van der Waals surface area contributed by atoms with Crippen LogP contribution in [-0.2, 0) is 25.5 Å². The Bertz CT molecular complexity index is 1180. The zero-order chi connectivity index (χ0) is 25.7. The highest BCUT2D eigenvalue weighted by Crippen LogP contribution is 2.42. The number of hydrogen-bond acceptors (Lipinski definition) is 7. The average molecular weight is 515 g/mol. The van der Waals surface area contributed by atoms with E-state index >= 15 is 4.39 Å². The van der Waals surface area contributed by atoms with Gasteiger partial charge < -0.3 is 29.3 Å². The number of nitrogens with zero attached hydrogens (tertiary/aromatic N) is 3. The van der Waals surface area contributed by atoms with Crippen molar-refractivity contribution < 1.29 is 27.8 Å². The van der Waals surface area contributed by atoms with Crippen molar-refractivity contribution in [3.05, 3.63) is 41.6 Å². The van der Waals surface area contributed by atoms with Gasteiger partial charge in [-0.15, -0.1) is 0 Å². The minimum absolute atomic E-state index is 0.0569. The van der Waals surface area contributed by atoms with Gasteiger partial charge in [-0.3, -0.25) is 4.79 Å². The second-order valence-electron chi connectivity index (χ2n) is 10.6. The SMILES string of the molecule is CC(C)O[C@H]1CC[C@H](C(=O)N2Cc3cc(F)cnc3Nc3cc(F)c(N4CC5CCC4CO5)cc32)OC1. The first-order valence-electron chi connectivity index (χ1n) is 13.1. The molecule has 4 atom stereocenters. The third-order valence-electron chi connectivity index (χ3n) is 7.61. The maximum Gasteiger partial charge on any atom is 0.256 e. The molecule has 1 aromatic carbocycles. The summed E-state index contributed by atoms with van der Waals surface area (Å²) < 4.78 is 47.3. The van der Waals surface area contributed by atoms with Gasteiger partial charge in [-0.05, 0) is 51.7 Å². The van der Waals surface area contributed by atoms with E-state index in [9.17, 15) is 9.18 Å². The second-order valence-corrected chi connectivity index (χ2v) is 10.6. The van der Waals surface area contributed by atoms with Crippen molar-refractivity contribution >= 4 is 28.8 Å². The Morgan fingerprint density at radius 1 is 1.11 bits per heavy atom. The molecule has 0 aliphatic carbocycles. The Hall–Kier alpha value is -2.82. The fraction of sp³-hybridized carbons (Fsp3) is 0.556. The molecule has 5 aliphatic rings. The minimum Gasteiger partial charge on any atom is -0.374 e. The molecule has 1 N–H and O–H groups in total. The number of aromatic nitrogens is 1. The van der Waals surface area contributed by atoms with E-state index in [0.717, 1.165) is 19.0 Å². The lowest BCUT2D eigenvalue weighted by molar-refractivity contribution is -0.143. The number of halogens is 2. The number of carbonyl (C=O) groups is 1. The number of anilines is 4. The molecule has 7 rings (SSSR count). The van der Waals surface area contributed by atoms with Crippen LogP contribution in [0.5, 0.6) is 0 Å². The van der Waals surface area contributed by atoms with Crippen LogP contribution in [0.2, 0.25) is 0 Å². The largest absolute Gasteiger partial charge is 0.374 e. The first-order chi connectivity index (χ1) is 17.9. The van der Waals surface area contributed by atoms with Gasteiger partial charge in [0.1, 0.15) is 23.6 Å². The van der Waals surface area contributed by atoms with Gasteiger partial charge in [-0.2, -0.15) is 0 Å². The summed E-state index contributed by atoms with van der Waals surface area (Å²) in [5, 5.41) is 3.14.